The lowest BCUT2D eigenvalue weighted by Crippen LogP contribution is -2.02. The molecule has 0 heterocycles. The third-order valence-corrected chi connectivity index (χ3v) is 2.26. The second-order valence-electron chi connectivity index (χ2n) is 3.39. The number of rotatable bonds is 3. The Balaban J connectivity index is 3.10. The van der Waals surface area contributed by atoms with Gasteiger partial charge in [-0.3, -0.25) is 0 Å². The minimum Gasteiger partial charge on any atom is -0.496 e. The third kappa shape index (κ3) is 3.08. The summed E-state index contributed by atoms with van der Waals surface area (Å²) in [6, 6.07) is 7.19. The highest BCUT2D eigenvalue weighted by molar-refractivity contribution is 5.97. The van der Waals surface area contributed by atoms with Crippen molar-refractivity contribution in [3.63, 3.8) is 0 Å². The van der Waals surface area contributed by atoms with Crippen LogP contribution in [-0.2, 0) is 9.53 Å². The van der Waals surface area contributed by atoms with Gasteiger partial charge in [-0.1, -0.05) is 6.07 Å². The van der Waals surface area contributed by atoms with Crippen LogP contribution < -0.4 is 4.74 Å². The zero-order chi connectivity index (χ0) is 12.8. The number of ether oxygens (including phenoxy) is 2. The summed E-state index contributed by atoms with van der Waals surface area (Å²) in [5.74, 6) is 0.125. The van der Waals surface area contributed by atoms with Gasteiger partial charge in [0.05, 0.1) is 14.2 Å². The molecule has 4 heteroatoms. The molecule has 4 nitrogen and oxygen atoms in total. The molecule has 0 saturated carbocycles. The Morgan fingerprint density at radius 2 is 2.12 bits per heavy atom. The van der Waals surface area contributed by atoms with E-state index in [4.69, 9.17) is 10.00 Å². The van der Waals surface area contributed by atoms with Crippen LogP contribution in [0.5, 0.6) is 5.75 Å². The predicted molar refractivity (Wildman–Crippen MR) is 63.3 cm³/mol. The highest BCUT2D eigenvalue weighted by atomic mass is 16.5. The molecule has 0 radical (unpaired) electrons. The van der Waals surface area contributed by atoms with Gasteiger partial charge in [-0.15, -0.1) is 0 Å². The lowest BCUT2D eigenvalue weighted by Gasteiger charge is -2.05. The van der Waals surface area contributed by atoms with Gasteiger partial charge in [0.15, 0.2) is 0 Å². The fraction of sp³-hybridized carbons (Fsp3) is 0.231. The Morgan fingerprint density at radius 3 is 2.59 bits per heavy atom. The molecule has 0 atom stereocenters. The Bertz CT molecular complexity index is 498. The Kier molecular flexibility index (Phi) is 4.29. The molecule has 0 bridgehead atoms. The summed E-state index contributed by atoms with van der Waals surface area (Å²) in [6.45, 7) is 1.89. The van der Waals surface area contributed by atoms with Crippen molar-refractivity contribution >= 4 is 12.0 Å². The fourth-order valence-electron chi connectivity index (χ4n) is 1.40. The molecule has 0 N–H and O–H groups in total. The van der Waals surface area contributed by atoms with E-state index in [1.807, 2.05) is 13.0 Å². The van der Waals surface area contributed by atoms with Crippen LogP contribution in [0.3, 0.4) is 0 Å². The van der Waals surface area contributed by atoms with Crippen molar-refractivity contribution in [1.82, 2.24) is 0 Å². The second kappa shape index (κ2) is 5.71. The van der Waals surface area contributed by atoms with Crippen LogP contribution in [0.15, 0.2) is 23.8 Å². The molecule has 0 aliphatic rings. The van der Waals surface area contributed by atoms with Crippen LogP contribution in [0, 0.1) is 18.3 Å². The van der Waals surface area contributed by atoms with Gasteiger partial charge in [-0.2, -0.15) is 5.26 Å². The van der Waals surface area contributed by atoms with Crippen LogP contribution in [-0.4, -0.2) is 20.2 Å². The van der Waals surface area contributed by atoms with E-state index in [1.54, 1.807) is 25.3 Å². The number of hydrogen-bond donors (Lipinski definition) is 0. The van der Waals surface area contributed by atoms with Gasteiger partial charge in [0.1, 0.15) is 17.4 Å². The zero-order valence-electron chi connectivity index (χ0n) is 9.98. The summed E-state index contributed by atoms with van der Waals surface area (Å²) in [5.41, 5.74) is 1.66. The maximum atomic E-state index is 11.2. The van der Waals surface area contributed by atoms with E-state index < -0.39 is 5.97 Å². The summed E-state index contributed by atoms with van der Waals surface area (Å²) in [5, 5.41) is 8.82. The van der Waals surface area contributed by atoms with Gasteiger partial charge in [0, 0.05) is 0 Å². The molecule has 88 valence electrons. The molecular weight excluding hydrogens is 218 g/mol. The van der Waals surface area contributed by atoms with Crippen LogP contribution >= 0.6 is 0 Å². The first kappa shape index (κ1) is 12.8. The smallest absolute Gasteiger partial charge is 0.348 e. The topological polar surface area (TPSA) is 59.3 Å². The summed E-state index contributed by atoms with van der Waals surface area (Å²) < 4.78 is 9.62. The predicted octanol–water partition coefficient (Wildman–Crippen LogP) is 2.08. The minimum atomic E-state index is -0.638. The molecule has 0 spiro atoms. The number of nitriles is 1. The van der Waals surface area contributed by atoms with Crippen LogP contribution in [0.25, 0.3) is 6.08 Å². The van der Waals surface area contributed by atoms with E-state index in [0.29, 0.717) is 0 Å². The third-order valence-electron chi connectivity index (χ3n) is 2.26. The summed E-state index contributed by atoms with van der Waals surface area (Å²) >= 11 is 0. The largest absolute Gasteiger partial charge is 0.496 e. The minimum absolute atomic E-state index is 0.0305. The normalized spacial score (nSPS) is 10.6. The highest BCUT2D eigenvalue weighted by Crippen LogP contribution is 2.20. The molecule has 0 aromatic heterocycles. The van der Waals surface area contributed by atoms with Crippen molar-refractivity contribution in [1.29, 1.82) is 5.26 Å². The molecule has 17 heavy (non-hydrogen) atoms. The number of aryl methyl sites for hydroxylation is 1. The molecule has 0 aliphatic carbocycles. The Morgan fingerprint density at radius 1 is 1.41 bits per heavy atom. The zero-order valence-corrected chi connectivity index (χ0v) is 9.98. The summed E-state index contributed by atoms with van der Waals surface area (Å²) in [7, 11) is 2.83. The van der Waals surface area contributed by atoms with Crippen molar-refractivity contribution in [2.75, 3.05) is 14.2 Å². The number of nitrogens with zero attached hydrogens (tertiary/aromatic N) is 1. The van der Waals surface area contributed by atoms with E-state index >= 15 is 0 Å². The lowest BCUT2D eigenvalue weighted by atomic mass is 10.1. The van der Waals surface area contributed by atoms with Gasteiger partial charge in [0.2, 0.25) is 0 Å². The van der Waals surface area contributed by atoms with Gasteiger partial charge in [-0.25, -0.2) is 4.79 Å². The number of hydrogen-bond acceptors (Lipinski definition) is 4. The standard InChI is InChI=1S/C13H13NO3/c1-9-6-10(4-5-12(9)16-2)7-11(8-14)13(15)17-3/h4-7H,1-3H3/b11-7+. The first-order chi connectivity index (χ1) is 8.12. The summed E-state index contributed by atoms with van der Waals surface area (Å²) in [4.78, 5) is 11.2. The molecule has 1 aromatic carbocycles. The molecule has 1 aromatic rings. The highest BCUT2D eigenvalue weighted by Gasteiger charge is 2.08. The maximum Gasteiger partial charge on any atom is 0.348 e. The van der Waals surface area contributed by atoms with Gasteiger partial charge in [0.25, 0.3) is 0 Å². The molecule has 0 saturated heterocycles. The summed E-state index contributed by atoms with van der Waals surface area (Å²) in [6.07, 6.45) is 1.48. The van der Waals surface area contributed by atoms with E-state index in [0.717, 1.165) is 16.9 Å². The maximum absolute atomic E-state index is 11.2. The number of carbonyl (C=O) groups excluding carboxylic acids is 1. The molecule has 1 rings (SSSR count). The molecule has 0 fully saturated rings. The Labute approximate surface area is 100 Å². The lowest BCUT2D eigenvalue weighted by molar-refractivity contribution is -0.135. The van der Waals surface area contributed by atoms with E-state index in [1.165, 1.54) is 13.2 Å². The van der Waals surface area contributed by atoms with Gasteiger partial charge in [-0.05, 0) is 36.3 Å². The molecule has 0 unspecified atom stereocenters. The monoisotopic (exact) mass is 231 g/mol. The van der Waals surface area contributed by atoms with Crippen molar-refractivity contribution in [3.8, 4) is 11.8 Å². The van der Waals surface area contributed by atoms with Crippen molar-refractivity contribution < 1.29 is 14.3 Å². The van der Waals surface area contributed by atoms with Crippen molar-refractivity contribution in [3.05, 3.63) is 34.9 Å². The van der Waals surface area contributed by atoms with Crippen LogP contribution in [0.2, 0.25) is 0 Å². The fourth-order valence-corrected chi connectivity index (χ4v) is 1.40. The number of esters is 1. The van der Waals surface area contributed by atoms with E-state index in [9.17, 15) is 4.79 Å². The van der Waals surface area contributed by atoms with Crippen molar-refractivity contribution in [2.45, 2.75) is 6.92 Å². The number of carbonyl (C=O) groups is 1. The SMILES string of the molecule is COC(=O)/C(C#N)=C/c1ccc(OC)c(C)c1. The van der Waals surface area contributed by atoms with Gasteiger partial charge < -0.3 is 9.47 Å². The second-order valence-corrected chi connectivity index (χ2v) is 3.39. The average Bonchev–Trinajstić information content (AvgIpc) is 2.35. The first-order valence-corrected chi connectivity index (χ1v) is 4.97. The quantitative estimate of drug-likeness (QED) is 0.454. The molecule has 0 aliphatic heterocycles. The Hall–Kier alpha value is -2.28. The molecule has 0 amide bonds. The average molecular weight is 231 g/mol. The van der Waals surface area contributed by atoms with Crippen molar-refractivity contribution in [2.24, 2.45) is 0 Å². The van der Waals surface area contributed by atoms with E-state index in [-0.39, 0.29) is 5.57 Å². The van der Waals surface area contributed by atoms with Crippen LogP contribution in [0.4, 0.5) is 0 Å². The van der Waals surface area contributed by atoms with Crippen LogP contribution in [0.1, 0.15) is 11.1 Å². The first-order valence-electron chi connectivity index (χ1n) is 4.97. The van der Waals surface area contributed by atoms with E-state index in [2.05, 4.69) is 4.74 Å². The number of benzene rings is 1. The number of methoxy groups -OCH3 is 2. The van der Waals surface area contributed by atoms with Gasteiger partial charge >= 0.3 is 5.97 Å². The molecular formula is C13H13NO3.